The van der Waals surface area contributed by atoms with Gasteiger partial charge in [0.25, 0.3) is 0 Å². The fourth-order valence-electron chi connectivity index (χ4n) is 1.16. The molecule has 0 bridgehead atoms. The lowest BCUT2D eigenvalue weighted by atomic mass is 10.1. The molecule has 0 saturated carbocycles. The van der Waals surface area contributed by atoms with E-state index in [-0.39, 0.29) is 6.42 Å². The van der Waals surface area contributed by atoms with E-state index in [2.05, 4.69) is 4.74 Å². The van der Waals surface area contributed by atoms with E-state index >= 15 is 0 Å². The topological polar surface area (TPSA) is 69.4 Å². The molecule has 0 radical (unpaired) electrons. The van der Waals surface area contributed by atoms with Crippen molar-refractivity contribution in [1.29, 1.82) is 0 Å². The molecule has 0 saturated heterocycles. The predicted octanol–water partition coefficient (Wildman–Crippen LogP) is 0.777. The third-order valence-corrected chi connectivity index (χ3v) is 1.86. The molecule has 0 aliphatic rings. The molecule has 0 atom stereocenters. The van der Waals surface area contributed by atoms with Crippen molar-refractivity contribution in [2.24, 2.45) is 5.73 Å². The lowest BCUT2D eigenvalue weighted by molar-refractivity contribution is -0.157. The monoisotopic (exact) mass is 207 g/mol. The molecule has 1 aromatic carbocycles. The summed E-state index contributed by atoms with van der Waals surface area (Å²) >= 11 is 0. The summed E-state index contributed by atoms with van der Waals surface area (Å²) in [6.07, 6.45) is 0.102. The molecule has 0 amide bonds. The molecule has 0 heterocycles. The molecule has 80 valence electrons. The lowest BCUT2D eigenvalue weighted by Crippen LogP contribution is -2.11. The van der Waals surface area contributed by atoms with Crippen LogP contribution in [-0.2, 0) is 27.3 Å². The molecule has 1 aromatic rings. The summed E-state index contributed by atoms with van der Waals surface area (Å²) in [5.41, 5.74) is 7.23. The van der Waals surface area contributed by atoms with Crippen molar-refractivity contribution in [2.45, 2.75) is 19.9 Å². The zero-order valence-corrected chi connectivity index (χ0v) is 8.53. The smallest absolute Gasteiger partial charge is 0.317 e. The molecule has 0 aromatic heterocycles. The van der Waals surface area contributed by atoms with Crippen molar-refractivity contribution in [2.75, 3.05) is 0 Å². The normalized spacial score (nSPS) is 9.73. The van der Waals surface area contributed by atoms with Crippen LogP contribution in [0.1, 0.15) is 18.1 Å². The van der Waals surface area contributed by atoms with E-state index in [1.54, 1.807) is 12.1 Å². The first-order valence-electron chi connectivity index (χ1n) is 4.61. The van der Waals surface area contributed by atoms with Gasteiger partial charge in [0.2, 0.25) is 0 Å². The maximum absolute atomic E-state index is 11.1. The SMILES string of the molecule is CC(=O)OC(=O)Cc1ccc(CN)cc1. The van der Waals surface area contributed by atoms with Gasteiger partial charge in [-0.25, -0.2) is 0 Å². The van der Waals surface area contributed by atoms with E-state index in [9.17, 15) is 9.59 Å². The van der Waals surface area contributed by atoms with Crippen LogP contribution in [0, 0.1) is 0 Å². The summed E-state index contributed by atoms with van der Waals surface area (Å²) in [6, 6.07) is 7.28. The van der Waals surface area contributed by atoms with Crippen LogP contribution in [0.3, 0.4) is 0 Å². The highest BCUT2D eigenvalue weighted by molar-refractivity contribution is 5.85. The zero-order valence-electron chi connectivity index (χ0n) is 8.53. The quantitative estimate of drug-likeness (QED) is 0.587. The van der Waals surface area contributed by atoms with Gasteiger partial charge in [0.1, 0.15) is 0 Å². The molecule has 0 spiro atoms. The van der Waals surface area contributed by atoms with E-state index in [0.717, 1.165) is 11.1 Å². The molecule has 0 fully saturated rings. The second-order valence-electron chi connectivity index (χ2n) is 3.16. The van der Waals surface area contributed by atoms with E-state index in [0.29, 0.717) is 6.54 Å². The third-order valence-electron chi connectivity index (χ3n) is 1.86. The summed E-state index contributed by atoms with van der Waals surface area (Å²) < 4.78 is 4.41. The summed E-state index contributed by atoms with van der Waals surface area (Å²) in [4.78, 5) is 21.6. The van der Waals surface area contributed by atoms with Crippen LogP contribution >= 0.6 is 0 Å². The second kappa shape index (κ2) is 5.26. The summed E-state index contributed by atoms with van der Waals surface area (Å²) in [5.74, 6) is -1.12. The van der Waals surface area contributed by atoms with Crippen molar-refractivity contribution >= 4 is 11.9 Å². The van der Waals surface area contributed by atoms with Crippen LogP contribution in [0.15, 0.2) is 24.3 Å². The predicted molar refractivity (Wildman–Crippen MR) is 54.8 cm³/mol. The molecule has 1 rings (SSSR count). The number of carbonyl (C=O) groups excluding carboxylic acids is 2. The standard InChI is InChI=1S/C11H13NO3/c1-8(13)15-11(14)6-9-2-4-10(7-12)5-3-9/h2-5H,6-7,12H2,1H3. The summed E-state index contributed by atoms with van der Waals surface area (Å²) in [5, 5.41) is 0. The number of hydrogen-bond donors (Lipinski definition) is 1. The number of rotatable bonds is 3. The number of esters is 2. The van der Waals surface area contributed by atoms with E-state index in [1.807, 2.05) is 12.1 Å². The highest BCUT2D eigenvalue weighted by atomic mass is 16.6. The average molecular weight is 207 g/mol. The minimum Gasteiger partial charge on any atom is -0.393 e. The third kappa shape index (κ3) is 3.91. The highest BCUT2D eigenvalue weighted by Crippen LogP contribution is 2.05. The minimum absolute atomic E-state index is 0.102. The second-order valence-corrected chi connectivity index (χ2v) is 3.16. The van der Waals surface area contributed by atoms with Gasteiger partial charge in [-0.05, 0) is 11.1 Å². The number of ether oxygens (including phenoxy) is 1. The number of benzene rings is 1. The van der Waals surface area contributed by atoms with E-state index in [4.69, 9.17) is 5.73 Å². The van der Waals surface area contributed by atoms with E-state index < -0.39 is 11.9 Å². The van der Waals surface area contributed by atoms with Crippen molar-refractivity contribution in [1.82, 2.24) is 0 Å². The van der Waals surface area contributed by atoms with Crippen molar-refractivity contribution in [3.63, 3.8) is 0 Å². The Kier molecular flexibility index (Phi) is 4.00. The molecule has 15 heavy (non-hydrogen) atoms. The highest BCUT2D eigenvalue weighted by Gasteiger charge is 2.06. The van der Waals surface area contributed by atoms with Gasteiger partial charge >= 0.3 is 11.9 Å². The molecule has 0 aliphatic heterocycles. The van der Waals surface area contributed by atoms with Crippen LogP contribution in [0.5, 0.6) is 0 Å². The summed E-state index contributed by atoms with van der Waals surface area (Å²) in [6.45, 7) is 1.67. The molecule has 0 unspecified atom stereocenters. The Morgan fingerprint density at radius 1 is 1.20 bits per heavy atom. The maximum Gasteiger partial charge on any atom is 0.317 e. The first-order valence-corrected chi connectivity index (χ1v) is 4.61. The Morgan fingerprint density at radius 3 is 2.20 bits per heavy atom. The Balaban J connectivity index is 2.57. The first-order chi connectivity index (χ1) is 7.11. The molecular formula is C11H13NO3. The van der Waals surface area contributed by atoms with Crippen molar-refractivity contribution in [3.05, 3.63) is 35.4 Å². The van der Waals surface area contributed by atoms with Crippen LogP contribution in [0.4, 0.5) is 0 Å². The van der Waals surface area contributed by atoms with Crippen LogP contribution in [0.2, 0.25) is 0 Å². The fraction of sp³-hybridized carbons (Fsp3) is 0.273. The van der Waals surface area contributed by atoms with Gasteiger partial charge in [0.05, 0.1) is 6.42 Å². The Labute approximate surface area is 88.0 Å². The van der Waals surface area contributed by atoms with Crippen molar-refractivity contribution < 1.29 is 14.3 Å². The maximum atomic E-state index is 11.1. The van der Waals surface area contributed by atoms with Crippen molar-refractivity contribution in [3.8, 4) is 0 Å². The first kappa shape index (κ1) is 11.4. The van der Waals surface area contributed by atoms with Gasteiger partial charge in [-0.2, -0.15) is 0 Å². The number of carbonyl (C=O) groups is 2. The molecule has 0 aliphatic carbocycles. The van der Waals surface area contributed by atoms with Gasteiger partial charge in [-0.1, -0.05) is 24.3 Å². The minimum atomic E-state index is -0.585. The van der Waals surface area contributed by atoms with E-state index in [1.165, 1.54) is 6.92 Å². The Hall–Kier alpha value is -1.68. The molecule has 2 N–H and O–H groups in total. The molecule has 4 heteroatoms. The van der Waals surface area contributed by atoms with Gasteiger partial charge in [0, 0.05) is 13.5 Å². The van der Waals surface area contributed by atoms with Gasteiger partial charge < -0.3 is 10.5 Å². The largest absolute Gasteiger partial charge is 0.393 e. The fourth-order valence-corrected chi connectivity index (χ4v) is 1.16. The van der Waals surface area contributed by atoms with Crippen LogP contribution in [-0.4, -0.2) is 11.9 Å². The number of hydrogen-bond acceptors (Lipinski definition) is 4. The van der Waals surface area contributed by atoms with Gasteiger partial charge in [-0.3, -0.25) is 9.59 Å². The molecular weight excluding hydrogens is 194 g/mol. The Morgan fingerprint density at radius 2 is 1.73 bits per heavy atom. The Bertz CT molecular complexity index is 357. The zero-order chi connectivity index (χ0) is 11.3. The van der Waals surface area contributed by atoms with Gasteiger partial charge in [0.15, 0.2) is 0 Å². The van der Waals surface area contributed by atoms with Gasteiger partial charge in [-0.15, -0.1) is 0 Å². The number of nitrogens with two attached hydrogens (primary N) is 1. The summed E-state index contributed by atoms with van der Waals surface area (Å²) in [7, 11) is 0. The van der Waals surface area contributed by atoms with Crippen LogP contribution in [0.25, 0.3) is 0 Å². The average Bonchev–Trinajstić information content (AvgIpc) is 2.17. The molecule has 4 nitrogen and oxygen atoms in total. The lowest BCUT2D eigenvalue weighted by Gasteiger charge is -2.01. The van der Waals surface area contributed by atoms with Crippen LogP contribution < -0.4 is 5.73 Å².